The fraction of sp³-hybridized carbons (Fsp3) is 0.320. The minimum atomic E-state index is -0.360. The molecule has 1 saturated heterocycles. The van der Waals surface area contributed by atoms with E-state index in [1.165, 1.54) is 10.9 Å². The van der Waals surface area contributed by atoms with Crippen LogP contribution in [0.2, 0.25) is 0 Å². The van der Waals surface area contributed by atoms with Crippen LogP contribution in [-0.4, -0.2) is 56.7 Å². The molecule has 0 N–H and O–H groups in total. The van der Waals surface area contributed by atoms with E-state index in [1.54, 1.807) is 35.7 Å². The van der Waals surface area contributed by atoms with Crippen LogP contribution in [0.3, 0.4) is 0 Å². The van der Waals surface area contributed by atoms with Crippen LogP contribution in [0.1, 0.15) is 35.1 Å². The summed E-state index contributed by atoms with van der Waals surface area (Å²) in [5, 5.41) is 16.7. The van der Waals surface area contributed by atoms with Crippen molar-refractivity contribution in [1.29, 1.82) is 0 Å². The molecular formula is C25H26N6O3S. The van der Waals surface area contributed by atoms with Gasteiger partial charge in [-0.05, 0) is 45.0 Å². The number of rotatable bonds is 5. The number of nitro benzene ring substituents is 1. The average molecular weight is 491 g/mol. The second-order valence-corrected chi connectivity index (χ2v) is 10.2. The van der Waals surface area contributed by atoms with Gasteiger partial charge in [0.2, 0.25) is 0 Å². The molecule has 0 aliphatic carbocycles. The third-order valence-corrected chi connectivity index (χ3v) is 7.29. The van der Waals surface area contributed by atoms with Gasteiger partial charge >= 0.3 is 0 Å². The second kappa shape index (κ2) is 9.10. The first-order chi connectivity index (χ1) is 16.8. The molecule has 3 aromatic heterocycles. The van der Waals surface area contributed by atoms with Crippen molar-refractivity contribution < 1.29 is 9.72 Å². The molecule has 0 radical (unpaired) electrons. The molecule has 10 heteroatoms. The molecule has 1 aliphatic rings. The lowest BCUT2D eigenvalue weighted by Crippen LogP contribution is -2.49. The van der Waals surface area contributed by atoms with Crippen LogP contribution in [0, 0.1) is 17.0 Å². The number of pyridine rings is 1. The maximum Gasteiger partial charge on any atom is 0.292 e. The molecule has 4 aromatic rings. The number of piperazine rings is 1. The number of carbonyl (C=O) groups excluding carboxylic acids is 1. The Bertz CT molecular complexity index is 1420. The van der Waals surface area contributed by atoms with E-state index in [9.17, 15) is 14.9 Å². The van der Waals surface area contributed by atoms with Gasteiger partial charge in [-0.2, -0.15) is 5.10 Å². The van der Waals surface area contributed by atoms with E-state index in [4.69, 9.17) is 4.98 Å². The van der Waals surface area contributed by atoms with Crippen molar-refractivity contribution in [2.24, 2.45) is 0 Å². The Morgan fingerprint density at radius 1 is 1.11 bits per heavy atom. The predicted octanol–water partition coefficient (Wildman–Crippen LogP) is 4.92. The number of nitrogens with zero attached hydrogens (tertiary/aromatic N) is 6. The molecule has 0 saturated carbocycles. The number of nitro groups is 1. The summed E-state index contributed by atoms with van der Waals surface area (Å²) in [6, 6.07) is 12.8. The lowest BCUT2D eigenvalue weighted by Gasteiger charge is -2.36. The van der Waals surface area contributed by atoms with Gasteiger partial charge in [0.05, 0.1) is 32.6 Å². The third kappa shape index (κ3) is 4.25. The topological polar surface area (TPSA) is 97.4 Å². The first-order valence-electron chi connectivity index (χ1n) is 11.6. The maximum absolute atomic E-state index is 13.7. The zero-order valence-corrected chi connectivity index (χ0v) is 20.7. The number of aromatic nitrogens is 3. The van der Waals surface area contributed by atoms with Crippen molar-refractivity contribution in [3.05, 3.63) is 69.2 Å². The normalized spacial score (nSPS) is 14.2. The molecule has 180 valence electrons. The van der Waals surface area contributed by atoms with Gasteiger partial charge in [-0.1, -0.05) is 12.1 Å². The van der Waals surface area contributed by atoms with Crippen LogP contribution in [0.5, 0.6) is 0 Å². The van der Waals surface area contributed by atoms with Gasteiger partial charge in [-0.15, -0.1) is 11.3 Å². The van der Waals surface area contributed by atoms with Crippen molar-refractivity contribution in [1.82, 2.24) is 19.7 Å². The number of amides is 1. The minimum Gasteiger partial charge on any atom is -0.362 e. The van der Waals surface area contributed by atoms with Crippen molar-refractivity contribution in [3.63, 3.8) is 0 Å². The lowest BCUT2D eigenvalue weighted by atomic mass is 10.1. The molecule has 9 nitrogen and oxygen atoms in total. The van der Waals surface area contributed by atoms with Crippen molar-refractivity contribution in [3.8, 4) is 10.6 Å². The van der Waals surface area contributed by atoms with Crippen LogP contribution in [0.25, 0.3) is 21.6 Å². The SMILES string of the molecule is Cc1ccc(-c2cc(C(=O)N3CCN(c4ccccc4[N+](=O)[O-])CC3)c3cnn(C(C)C)c3n2)s1. The van der Waals surface area contributed by atoms with E-state index in [-0.39, 0.29) is 22.6 Å². The van der Waals surface area contributed by atoms with E-state index in [0.29, 0.717) is 43.1 Å². The van der Waals surface area contributed by atoms with E-state index >= 15 is 0 Å². The highest BCUT2D eigenvalue weighted by Gasteiger charge is 2.28. The Kier molecular flexibility index (Phi) is 5.98. The molecule has 0 spiro atoms. The summed E-state index contributed by atoms with van der Waals surface area (Å²) in [6.45, 7) is 8.12. The molecule has 0 unspecified atom stereocenters. The number of hydrogen-bond acceptors (Lipinski definition) is 7. The van der Waals surface area contributed by atoms with Crippen molar-refractivity contribution in [2.75, 3.05) is 31.1 Å². The smallest absolute Gasteiger partial charge is 0.292 e. The molecule has 5 rings (SSSR count). The number of thiophene rings is 1. The number of benzene rings is 1. The number of hydrogen-bond donors (Lipinski definition) is 0. The maximum atomic E-state index is 13.7. The Morgan fingerprint density at radius 3 is 2.51 bits per heavy atom. The minimum absolute atomic E-state index is 0.0718. The summed E-state index contributed by atoms with van der Waals surface area (Å²) in [6.07, 6.45) is 1.72. The summed E-state index contributed by atoms with van der Waals surface area (Å²) in [5.74, 6) is -0.0718. The summed E-state index contributed by atoms with van der Waals surface area (Å²) < 4.78 is 1.85. The zero-order chi connectivity index (χ0) is 24.7. The van der Waals surface area contributed by atoms with Gasteiger partial charge < -0.3 is 9.80 Å². The molecule has 1 fully saturated rings. The molecule has 1 aliphatic heterocycles. The number of carbonyl (C=O) groups is 1. The Balaban J connectivity index is 1.46. The molecule has 0 atom stereocenters. The molecule has 1 amide bonds. The van der Waals surface area contributed by atoms with Crippen molar-refractivity contribution >= 4 is 39.7 Å². The third-order valence-electron chi connectivity index (χ3n) is 6.27. The van der Waals surface area contributed by atoms with Gasteiger partial charge in [0.1, 0.15) is 5.69 Å². The first-order valence-corrected chi connectivity index (χ1v) is 12.4. The van der Waals surface area contributed by atoms with E-state index in [2.05, 4.69) is 11.2 Å². The summed E-state index contributed by atoms with van der Waals surface area (Å²) in [7, 11) is 0. The van der Waals surface area contributed by atoms with Gasteiger partial charge in [0.15, 0.2) is 5.65 Å². The van der Waals surface area contributed by atoms with Gasteiger partial charge in [-0.3, -0.25) is 14.9 Å². The Labute approximate surface area is 206 Å². The molecule has 0 bridgehead atoms. The van der Waals surface area contributed by atoms with Crippen LogP contribution < -0.4 is 4.90 Å². The van der Waals surface area contributed by atoms with Crippen molar-refractivity contribution in [2.45, 2.75) is 26.8 Å². The largest absolute Gasteiger partial charge is 0.362 e. The van der Waals surface area contributed by atoms with Crippen LogP contribution in [-0.2, 0) is 0 Å². The monoisotopic (exact) mass is 490 g/mol. The fourth-order valence-corrected chi connectivity index (χ4v) is 5.31. The highest BCUT2D eigenvalue weighted by atomic mass is 32.1. The zero-order valence-electron chi connectivity index (χ0n) is 19.8. The van der Waals surface area contributed by atoms with Crippen LogP contribution in [0.4, 0.5) is 11.4 Å². The van der Waals surface area contributed by atoms with Crippen LogP contribution >= 0.6 is 11.3 Å². The second-order valence-electron chi connectivity index (χ2n) is 8.91. The van der Waals surface area contributed by atoms with Gasteiger partial charge in [0.25, 0.3) is 11.6 Å². The standard InChI is InChI=1S/C25H26N6O3S/c1-16(2)30-24-19(15-26-30)18(14-20(27-24)23-9-8-17(3)35-23)25(32)29-12-10-28(11-13-29)21-6-4-5-7-22(21)31(33)34/h4-9,14-16H,10-13H2,1-3H3. The van der Waals surface area contributed by atoms with E-state index in [0.717, 1.165) is 16.0 Å². The highest BCUT2D eigenvalue weighted by Crippen LogP contribution is 2.32. The molecular weight excluding hydrogens is 464 g/mol. The number of anilines is 1. The van der Waals surface area contributed by atoms with E-state index in [1.807, 2.05) is 47.4 Å². The van der Waals surface area contributed by atoms with Gasteiger partial charge in [-0.25, -0.2) is 9.67 Å². The molecule has 1 aromatic carbocycles. The van der Waals surface area contributed by atoms with Gasteiger partial charge in [0, 0.05) is 43.2 Å². The van der Waals surface area contributed by atoms with E-state index < -0.39 is 0 Å². The molecule has 4 heterocycles. The number of aryl methyl sites for hydroxylation is 1. The summed E-state index contributed by atoms with van der Waals surface area (Å²) >= 11 is 1.65. The number of fused-ring (bicyclic) bond motifs is 1. The Hall–Kier alpha value is -3.79. The summed E-state index contributed by atoms with van der Waals surface area (Å²) in [4.78, 5) is 35.7. The fourth-order valence-electron chi connectivity index (χ4n) is 4.48. The number of para-hydroxylation sites is 2. The lowest BCUT2D eigenvalue weighted by molar-refractivity contribution is -0.384. The van der Waals surface area contributed by atoms with Crippen LogP contribution in [0.15, 0.2) is 48.7 Å². The first kappa shape index (κ1) is 23.0. The quantitative estimate of drug-likeness (QED) is 0.291. The average Bonchev–Trinajstić information content (AvgIpc) is 3.49. The Morgan fingerprint density at radius 2 is 1.86 bits per heavy atom. The summed E-state index contributed by atoms with van der Waals surface area (Å²) in [5.41, 5.74) is 2.72. The predicted molar refractivity (Wildman–Crippen MR) is 137 cm³/mol. The molecule has 35 heavy (non-hydrogen) atoms. The highest BCUT2D eigenvalue weighted by molar-refractivity contribution is 7.15.